The lowest BCUT2D eigenvalue weighted by Gasteiger charge is -2.14. The third kappa shape index (κ3) is 3.06. The Morgan fingerprint density at radius 2 is 1.50 bits per heavy atom. The van der Waals surface area contributed by atoms with Crippen LogP contribution in [0.2, 0.25) is 0 Å². The number of ether oxygens (including phenoxy) is 3. The number of hydrogen-bond acceptors (Lipinski definition) is 5. The Labute approximate surface area is 141 Å². The van der Waals surface area contributed by atoms with E-state index >= 15 is 0 Å². The highest BCUT2D eigenvalue weighted by molar-refractivity contribution is 5.88. The summed E-state index contributed by atoms with van der Waals surface area (Å²) in [5.41, 5.74) is 1.91. The predicted molar refractivity (Wildman–Crippen MR) is 95.7 cm³/mol. The number of anilines is 1. The largest absolute Gasteiger partial charge is 0.493 e. The SMILES string of the molecule is COc1cc2nccc(Oc3ccc(N(C)C)cc3)c2cc1OC. The highest BCUT2D eigenvalue weighted by atomic mass is 16.5. The van der Waals surface area contributed by atoms with Crippen molar-refractivity contribution in [2.24, 2.45) is 0 Å². The summed E-state index contributed by atoms with van der Waals surface area (Å²) in [5.74, 6) is 2.78. The van der Waals surface area contributed by atoms with E-state index < -0.39 is 0 Å². The van der Waals surface area contributed by atoms with Crippen LogP contribution in [0.3, 0.4) is 0 Å². The Morgan fingerprint density at radius 3 is 2.12 bits per heavy atom. The molecule has 0 aliphatic heterocycles. The number of methoxy groups -OCH3 is 2. The number of nitrogens with zero attached hydrogens (tertiary/aromatic N) is 2. The van der Waals surface area contributed by atoms with Crippen LogP contribution in [0, 0.1) is 0 Å². The molecular formula is C19H20N2O3. The van der Waals surface area contributed by atoms with Gasteiger partial charge < -0.3 is 19.1 Å². The lowest BCUT2D eigenvalue weighted by molar-refractivity contribution is 0.355. The quantitative estimate of drug-likeness (QED) is 0.706. The first kappa shape index (κ1) is 15.9. The van der Waals surface area contributed by atoms with Crippen molar-refractivity contribution in [1.82, 2.24) is 4.98 Å². The van der Waals surface area contributed by atoms with Gasteiger partial charge in [0.15, 0.2) is 11.5 Å². The minimum atomic E-state index is 0.644. The van der Waals surface area contributed by atoms with Gasteiger partial charge in [-0.25, -0.2) is 0 Å². The highest BCUT2D eigenvalue weighted by Crippen LogP contribution is 2.36. The van der Waals surface area contributed by atoms with Gasteiger partial charge in [-0.05, 0) is 36.4 Å². The number of pyridine rings is 1. The van der Waals surface area contributed by atoms with Gasteiger partial charge in [-0.3, -0.25) is 4.98 Å². The molecule has 0 atom stereocenters. The third-order valence-corrected chi connectivity index (χ3v) is 3.79. The summed E-state index contributed by atoms with van der Waals surface area (Å²) in [6, 6.07) is 13.5. The zero-order chi connectivity index (χ0) is 17.1. The molecule has 3 aromatic rings. The Balaban J connectivity index is 1.99. The first-order valence-corrected chi connectivity index (χ1v) is 7.58. The molecule has 3 rings (SSSR count). The Kier molecular flexibility index (Phi) is 4.42. The van der Waals surface area contributed by atoms with Gasteiger partial charge in [0.25, 0.3) is 0 Å². The summed E-state index contributed by atoms with van der Waals surface area (Å²) in [5, 5.41) is 0.867. The van der Waals surface area contributed by atoms with E-state index in [0.29, 0.717) is 11.5 Å². The summed E-state index contributed by atoms with van der Waals surface area (Å²) < 4.78 is 16.7. The lowest BCUT2D eigenvalue weighted by atomic mass is 10.2. The molecule has 1 heterocycles. The van der Waals surface area contributed by atoms with Crippen LogP contribution in [0.4, 0.5) is 5.69 Å². The van der Waals surface area contributed by atoms with Crippen molar-refractivity contribution in [2.75, 3.05) is 33.2 Å². The molecule has 1 aromatic heterocycles. The van der Waals surface area contributed by atoms with Gasteiger partial charge in [0.1, 0.15) is 11.5 Å². The zero-order valence-electron chi connectivity index (χ0n) is 14.2. The van der Waals surface area contributed by atoms with Crippen molar-refractivity contribution in [2.45, 2.75) is 0 Å². The second-order valence-electron chi connectivity index (χ2n) is 5.52. The molecule has 0 bridgehead atoms. The molecule has 0 N–H and O–H groups in total. The first-order valence-electron chi connectivity index (χ1n) is 7.58. The maximum absolute atomic E-state index is 6.04. The molecule has 0 saturated heterocycles. The van der Waals surface area contributed by atoms with E-state index in [1.165, 1.54) is 0 Å². The van der Waals surface area contributed by atoms with E-state index in [-0.39, 0.29) is 0 Å². The van der Waals surface area contributed by atoms with Gasteiger partial charge in [0, 0.05) is 37.4 Å². The average molecular weight is 324 g/mol. The smallest absolute Gasteiger partial charge is 0.162 e. The fourth-order valence-corrected chi connectivity index (χ4v) is 2.48. The molecule has 2 aromatic carbocycles. The van der Waals surface area contributed by atoms with Gasteiger partial charge in [-0.1, -0.05) is 0 Å². The van der Waals surface area contributed by atoms with E-state index in [0.717, 1.165) is 28.1 Å². The summed E-state index contributed by atoms with van der Waals surface area (Å²) in [6.07, 6.45) is 1.72. The van der Waals surface area contributed by atoms with Gasteiger partial charge in [-0.15, -0.1) is 0 Å². The Hall–Kier alpha value is -2.95. The van der Waals surface area contributed by atoms with Crippen LogP contribution >= 0.6 is 0 Å². The Bertz CT molecular complexity index is 845. The van der Waals surface area contributed by atoms with E-state index in [4.69, 9.17) is 14.2 Å². The van der Waals surface area contributed by atoms with Crippen molar-refractivity contribution in [3.8, 4) is 23.0 Å². The van der Waals surface area contributed by atoms with Crippen LogP contribution in [-0.2, 0) is 0 Å². The summed E-state index contributed by atoms with van der Waals surface area (Å²) in [4.78, 5) is 6.43. The molecule has 124 valence electrons. The molecule has 0 saturated carbocycles. The number of fused-ring (bicyclic) bond motifs is 1. The maximum atomic E-state index is 6.04. The van der Waals surface area contributed by atoms with Crippen molar-refractivity contribution in [3.05, 3.63) is 48.7 Å². The molecule has 0 aliphatic carbocycles. The molecule has 0 spiro atoms. The molecule has 0 radical (unpaired) electrons. The minimum Gasteiger partial charge on any atom is -0.493 e. The van der Waals surface area contributed by atoms with Crippen LogP contribution < -0.4 is 19.1 Å². The van der Waals surface area contributed by atoms with E-state index in [9.17, 15) is 0 Å². The van der Waals surface area contributed by atoms with Gasteiger partial charge in [-0.2, -0.15) is 0 Å². The van der Waals surface area contributed by atoms with E-state index in [2.05, 4.69) is 4.98 Å². The van der Waals surface area contributed by atoms with Gasteiger partial charge >= 0.3 is 0 Å². The molecule has 24 heavy (non-hydrogen) atoms. The third-order valence-electron chi connectivity index (χ3n) is 3.79. The topological polar surface area (TPSA) is 43.8 Å². The normalized spacial score (nSPS) is 10.5. The standard InChI is InChI=1S/C19H20N2O3/c1-21(2)13-5-7-14(8-6-13)24-17-9-10-20-16-12-19(23-4)18(22-3)11-15(16)17/h5-12H,1-4H3. The lowest BCUT2D eigenvalue weighted by Crippen LogP contribution is -2.07. The second-order valence-corrected chi connectivity index (χ2v) is 5.52. The summed E-state index contributed by atoms with van der Waals surface area (Å²) in [7, 11) is 7.23. The molecule has 0 fully saturated rings. The highest BCUT2D eigenvalue weighted by Gasteiger charge is 2.11. The molecular weight excluding hydrogens is 304 g/mol. The second kappa shape index (κ2) is 6.66. The number of hydrogen-bond donors (Lipinski definition) is 0. The molecule has 0 amide bonds. The van der Waals surface area contributed by atoms with Crippen molar-refractivity contribution in [3.63, 3.8) is 0 Å². The van der Waals surface area contributed by atoms with Crippen molar-refractivity contribution < 1.29 is 14.2 Å². The predicted octanol–water partition coefficient (Wildman–Crippen LogP) is 4.11. The van der Waals surface area contributed by atoms with Crippen LogP contribution in [0.25, 0.3) is 10.9 Å². The van der Waals surface area contributed by atoms with E-state index in [1.807, 2.05) is 61.5 Å². The number of benzene rings is 2. The molecule has 5 nitrogen and oxygen atoms in total. The first-order chi connectivity index (χ1) is 11.6. The summed E-state index contributed by atoms with van der Waals surface area (Å²) in [6.45, 7) is 0. The number of aromatic nitrogens is 1. The molecule has 0 unspecified atom stereocenters. The monoisotopic (exact) mass is 324 g/mol. The summed E-state index contributed by atoms with van der Waals surface area (Å²) >= 11 is 0. The fourth-order valence-electron chi connectivity index (χ4n) is 2.48. The van der Waals surface area contributed by atoms with Crippen molar-refractivity contribution in [1.29, 1.82) is 0 Å². The van der Waals surface area contributed by atoms with Gasteiger partial charge in [0.2, 0.25) is 0 Å². The molecule has 5 heteroatoms. The van der Waals surface area contributed by atoms with Crippen LogP contribution in [0.5, 0.6) is 23.0 Å². The Morgan fingerprint density at radius 1 is 0.833 bits per heavy atom. The van der Waals surface area contributed by atoms with Crippen LogP contribution in [0.15, 0.2) is 48.7 Å². The number of rotatable bonds is 5. The molecule has 0 aliphatic rings. The van der Waals surface area contributed by atoms with Crippen LogP contribution in [0.1, 0.15) is 0 Å². The van der Waals surface area contributed by atoms with E-state index in [1.54, 1.807) is 20.4 Å². The average Bonchev–Trinajstić information content (AvgIpc) is 2.61. The van der Waals surface area contributed by atoms with Crippen molar-refractivity contribution >= 4 is 16.6 Å². The fraction of sp³-hybridized carbons (Fsp3) is 0.211. The minimum absolute atomic E-state index is 0.644. The van der Waals surface area contributed by atoms with Crippen LogP contribution in [-0.4, -0.2) is 33.3 Å². The zero-order valence-corrected chi connectivity index (χ0v) is 14.2. The maximum Gasteiger partial charge on any atom is 0.162 e. The van der Waals surface area contributed by atoms with Gasteiger partial charge in [0.05, 0.1) is 19.7 Å².